The highest BCUT2D eigenvalue weighted by Crippen LogP contribution is 2.26. The van der Waals surface area contributed by atoms with Crippen molar-refractivity contribution in [2.45, 2.75) is 0 Å². The Balaban J connectivity index is 0.000000145. The number of nitrogens with one attached hydrogen (secondary N) is 2. The average Bonchev–Trinajstić information content (AvgIpc) is 3.15. The zero-order valence-corrected chi connectivity index (χ0v) is 15.0. The van der Waals surface area contributed by atoms with Gasteiger partial charge < -0.3 is 15.3 Å². The summed E-state index contributed by atoms with van der Waals surface area (Å²) in [5.41, 5.74) is 7.54. The van der Waals surface area contributed by atoms with Crippen molar-refractivity contribution < 1.29 is 9.52 Å². The monoisotopic (exact) mass is 388 g/mol. The van der Waals surface area contributed by atoms with Crippen molar-refractivity contribution in [2.24, 2.45) is 0 Å². The number of aromatic hydroxyl groups is 1. The SMILES string of the molecule is Nc1ccc2c(=O)[nH][nH]c(=O)c2c1.Oc1ccc2nc(-c3ccccc3)oc2c1. The maximum Gasteiger partial charge on any atom is 0.270 e. The van der Waals surface area contributed by atoms with E-state index in [1.807, 2.05) is 30.3 Å². The highest BCUT2D eigenvalue weighted by Gasteiger charge is 2.07. The van der Waals surface area contributed by atoms with Crippen LogP contribution in [0.1, 0.15) is 0 Å². The lowest BCUT2D eigenvalue weighted by molar-refractivity contribution is 0.474. The summed E-state index contributed by atoms with van der Waals surface area (Å²) in [5.74, 6) is 0.754. The number of nitrogen functional groups attached to an aromatic ring is 1. The quantitative estimate of drug-likeness (QED) is 0.326. The zero-order chi connectivity index (χ0) is 20.4. The van der Waals surface area contributed by atoms with Crippen molar-refractivity contribution in [3.63, 3.8) is 0 Å². The molecular formula is C21H16N4O4. The van der Waals surface area contributed by atoms with Gasteiger partial charge in [-0.25, -0.2) is 4.98 Å². The van der Waals surface area contributed by atoms with Gasteiger partial charge in [0.25, 0.3) is 11.1 Å². The largest absolute Gasteiger partial charge is 0.508 e. The second-order valence-corrected chi connectivity index (χ2v) is 6.25. The van der Waals surface area contributed by atoms with Crippen molar-refractivity contribution in [1.82, 2.24) is 15.2 Å². The molecular weight excluding hydrogens is 372 g/mol. The van der Waals surface area contributed by atoms with Gasteiger partial charge in [-0.2, -0.15) is 0 Å². The molecule has 0 spiro atoms. The fraction of sp³-hybridized carbons (Fsp3) is 0. The molecule has 29 heavy (non-hydrogen) atoms. The molecule has 0 saturated carbocycles. The molecule has 3 aromatic carbocycles. The van der Waals surface area contributed by atoms with Gasteiger partial charge in [-0.3, -0.25) is 19.8 Å². The van der Waals surface area contributed by atoms with Crippen molar-refractivity contribution in [2.75, 3.05) is 5.73 Å². The van der Waals surface area contributed by atoms with Gasteiger partial charge in [0.15, 0.2) is 5.58 Å². The smallest absolute Gasteiger partial charge is 0.270 e. The van der Waals surface area contributed by atoms with E-state index >= 15 is 0 Å². The summed E-state index contributed by atoms with van der Waals surface area (Å²) in [6.45, 7) is 0. The van der Waals surface area contributed by atoms with Crippen LogP contribution >= 0.6 is 0 Å². The van der Waals surface area contributed by atoms with Crippen molar-refractivity contribution in [1.29, 1.82) is 0 Å². The van der Waals surface area contributed by atoms with E-state index < -0.39 is 0 Å². The van der Waals surface area contributed by atoms with Crippen LogP contribution in [0.3, 0.4) is 0 Å². The van der Waals surface area contributed by atoms with Crippen LogP contribution in [-0.2, 0) is 0 Å². The van der Waals surface area contributed by atoms with Crippen molar-refractivity contribution in [3.8, 4) is 17.2 Å². The second-order valence-electron chi connectivity index (χ2n) is 6.25. The van der Waals surface area contributed by atoms with Crippen LogP contribution in [0.15, 0.2) is 80.7 Å². The number of H-pyrrole nitrogens is 2. The molecule has 0 aliphatic rings. The van der Waals surface area contributed by atoms with Gasteiger partial charge in [0.2, 0.25) is 5.89 Å². The standard InChI is InChI=1S/C13H9NO2.C8H7N3O2/c15-10-6-7-11-12(8-10)16-13(14-11)9-4-2-1-3-5-9;9-4-1-2-5-6(3-4)8(13)11-10-7(5)12/h1-8,15H;1-3H,9H2,(H,10,12)(H,11,13). The number of nitrogens with two attached hydrogens (primary N) is 1. The summed E-state index contributed by atoms with van der Waals surface area (Å²) in [7, 11) is 0. The van der Waals surface area contributed by atoms with Crippen LogP contribution in [0, 0.1) is 0 Å². The first-order valence-electron chi connectivity index (χ1n) is 8.66. The first kappa shape index (κ1) is 18.1. The summed E-state index contributed by atoms with van der Waals surface area (Å²) in [4.78, 5) is 26.7. The van der Waals surface area contributed by atoms with E-state index in [9.17, 15) is 14.7 Å². The first-order valence-corrected chi connectivity index (χ1v) is 8.66. The number of fused-ring (bicyclic) bond motifs is 2. The fourth-order valence-corrected chi connectivity index (χ4v) is 2.81. The molecule has 0 unspecified atom stereocenters. The van der Waals surface area contributed by atoms with Crippen LogP contribution in [0.25, 0.3) is 33.3 Å². The molecule has 144 valence electrons. The average molecular weight is 388 g/mol. The van der Waals surface area contributed by atoms with E-state index in [1.54, 1.807) is 24.3 Å². The van der Waals surface area contributed by atoms with Gasteiger partial charge in [0.1, 0.15) is 11.3 Å². The number of nitrogens with zero attached hydrogens (tertiary/aromatic N) is 1. The van der Waals surface area contributed by atoms with Crippen LogP contribution in [0.2, 0.25) is 0 Å². The Morgan fingerprint density at radius 2 is 1.59 bits per heavy atom. The number of aromatic amines is 2. The lowest BCUT2D eigenvalue weighted by atomic mass is 10.2. The third kappa shape index (κ3) is 3.72. The Bertz CT molecular complexity index is 1420. The third-order valence-electron chi connectivity index (χ3n) is 4.22. The summed E-state index contributed by atoms with van der Waals surface area (Å²) >= 11 is 0. The Kier molecular flexibility index (Phi) is 4.58. The topological polar surface area (TPSA) is 138 Å². The number of anilines is 1. The number of hydrogen-bond donors (Lipinski definition) is 4. The molecule has 8 heteroatoms. The molecule has 0 saturated heterocycles. The van der Waals surface area contributed by atoms with Gasteiger partial charge in [-0.1, -0.05) is 18.2 Å². The first-order chi connectivity index (χ1) is 14.0. The molecule has 0 aliphatic heterocycles. The maximum atomic E-state index is 11.2. The number of phenols is 1. The minimum absolute atomic E-state index is 0.184. The van der Waals surface area contributed by atoms with Crippen LogP contribution in [0.4, 0.5) is 5.69 Å². The Morgan fingerprint density at radius 3 is 2.34 bits per heavy atom. The number of rotatable bonds is 1. The molecule has 0 radical (unpaired) electrons. The highest BCUT2D eigenvalue weighted by atomic mass is 16.3. The second kappa shape index (κ2) is 7.35. The molecule has 0 amide bonds. The molecule has 0 fully saturated rings. The predicted molar refractivity (Wildman–Crippen MR) is 111 cm³/mol. The van der Waals surface area contributed by atoms with Gasteiger partial charge in [-0.05, 0) is 42.5 Å². The van der Waals surface area contributed by atoms with Crippen LogP contribution in [0.5, 0.6) is 5.75 Å². The Hall–Kier alpha value is -4.33. The van der Waals surface area contributed by atoms with Gasteiger partial charge in [-0.15, -0.1) is 0 Å². The molecule has 2 heterocycles. The molecule has 5 N–H and O–H groups in total. The lowest BCUT2D eigenvalue weighted by Gasteiger charge is -1.96. The zero-order valence-electron chi connectivity index (χ0n) is 15.0. The lowest BCUT2D eigenvalue weighted by Crippen LogP contribution is -2.18. The number of oxazole rings is 1. The summed E-state index contributed by atoms with van der Waals surface area (Å²) < 4.78 is 5.56. The third-order valence-corrected chi connectivity index (χ3v) is 4.22. The van der Waals surface area contributed by atoms with Crippen LogP contribution < -0.4 is 16.9 Å². The Labute approximate surface area is 163 Å². The van der Waals surface area contributed by atoms with E-state index in [0.717, 1.165) is 11.1 Å². The molecule has 0 bridgehead atoms. The van der Waals surface area contributed by atoms with Crippen molar-refractivity contribution in [3.05, 3.63) is 87.4 Å². The summed E-state index contributed by atoms with van der Waals surface area (Å²) in [5, 5.41) is 14.4. The predicted octanol–water partition coefficient (Wildman–Crippen LogP) is 3.00. The van der Waals surface area contributed by atoms with Crippen LogP contribution in [-0.4, -0.2) is 20.3 Å². The molecule has 8 nitrogen and oxygen atoms in total. The van der Waals surface area contributed by atoms with Crippen molar-refractivity contribution >= 4 is 27.6 Å². The summed E-state index contributed by atoms with van der Waals surface area (Å²) in [6.07, 6.45) is 0. The normalized spacial score (nSPS) is 10.6. The van der Waals surface area contributed by atoms with E-state index in [0.29, 0.717) is 27.9 Å². The maximum absolute atomic E-state index is 11.2. The minimum Gasteiger partial charge on any atom is -0.508 e. The summed E-state index contributed by atoms with van der Waals surface area (Å²) in [6, 6.07) is 19.2. The van der Waals surface area contributed by atoms with E-state index in [-0.39, 0.29) is 16.9 Å². The van der Waals surface area contributed by atoms with E-state index in [2.05, 4.69) is 15.2 Å². The van der Waals surface area contributed by atoms with Gasteiger partial charge in [0.05, 0.1) is 10.8 Å². The fourth-order valence-electron chi connectivity index (χ4n) is 2.81. The highest BCUT2D eigenvalue weighted by molar-refractivity contribution is 5.83. The molecule has 0 aliphatic carbocycles. The number of benzene rings is 3. The van der Waals surface area contributed by atoms with E-state index in [4.69, 9.17) is 10.2 Å². The van der Waals surface area contributed by atoms with Gasteiger partial charge >= 0.3 is 0 Å². The molecule has 0 atom stereocenters. The number of hydrogen-bond acceptors (Lipinski definition) is 6. The number of aromatic nitrogens is 3. The Morgan fingerprint density at radius 1 is 0.862 bits per heavy atom. The molecule has 2 aromatic heterocycles. The minimum atomic E-state index is -0.345. The van der Waals surface area contributed by atoms with E-state index in [1.165, 1.54) is 12.1 Å². The molecule has 5 rings (SSSR count). The number of phenolic OH excluding ortho intramolecular Hbond substituents is 1. The molecule has 5 aromatic rings. The van der Waals surface area contributed by atoms with Gasteiger partial charge in [0, 0.05) is 17.3 Å².